The van der Waals surface area contributed by atoms with E-state index in [1.165, 1.54) is 16.7 Å². The zero-order chi connectivity index (χ0) is 32.6. The Morgan fingerprint density at radius 1 is 0.814 bits per heavy atom. The van der Waals surface area contributed by atoms with Crippen molar-refractivity contribution in [2.24, 2.45) is 23.5 Å². The molecule has 2 aliphatic heterocycles. The minimum atomic E-state index is -1.18. The second-order valence-corrected chi connectivity index (χ2v) is 12.8. The van der Waals surface area contributed by atoms with Crippen LogP contribution in [0.3, 0.4) is 0 Å². The van der Waals surface area contributed by atoms with Gasteiger partial charge in [-0.1, -0.05) is 48.0 Å². The average molecular weight is 609 g/mol. The van der Waals surface area contributed by atoms with Crippen molar-refractivity contribution in [2.45, 2.75) is 123 Å². The van der Waals surface area contributed by atoms with Gasteiger partial charge in [-0.05, 0) is 56.8 Å². The van der Waals surface area contributed by atoms with Crippen molar-refractivity contribution in [2.75, 3.05) is 13.1 Å². The van der Waals surface area contributed by atoms with Crippen molar-refractivity contribution in [3.8, 4) is 0 Å². The molecule has 0 aromatic heterocycles. The van der Waals surface area contributed by atoms with Crippen LogP contribution >= 0.6 is 0 Å². The summed E-state index contributed by atoms with van der Waals surface area (Å²) in [6, 6.07) is -5.30. The number of likely N-dealkylation sites (tertiary alicyclic amines) is 2. The second kappa shape index (κ2) is 16.0. The summed E-state index contributed by atoms with van der Waals surface area (Å²) >= 11 is 0. The van der Waals surface area contributed by atoms with Crippen molar-refractivity contribution < 1.29 is 33.9 Å². The molecule has 0 aromatic carbocycles. The number of nitrogens with zero attached hydrogens (tertiary/aromatic N) is 2. The average Bonchev–Trinajstić information content (AvgIpc) is 3.63. The normalized spacial score (nSPS) is 22.1. The maximum atomic E-state index is 13.7. The maximum Gasteiger partial charge on any atom is 0.325 e. The number of amides is 5. The first kappa shape index (κ1) is 36.0. The molecule has 2 rings (SSSR count). The molecule has 13 nitrogen and oxygen atoms in total. The van der Waals surface area contributed by atoms with Gasteiger partial charge < -0.3 is 36.6 Å². The van der Waals surface area contributed by atoms with Crippen LogP contribution in [0.2, 0.25) is 0 Å². The number of carboxylic acids is 1. The van der Waals surface area contributed by atoms with E-state index < -0.39 is 65.8 Å². The molecule has 6 N–H and O–H groups in total. The lowest BCUT2D eigenvalue weighted by molar-refractivity contribution is -0.146. The Hall–Kier alpha value is -3.22. The van der Waals surface area contributed by atoms with Crippen LogP contribution in [0, 0.1) is 17.8 Å². The minimum absolute atomic E-state index is 0.0625. The molecule has 0 aliphatic carbocycles. The van der Waals surface area contributed by atoms with Crippen LogP contribution in [0.5, 0.6) is 0 Å². The topological polar surface area (TPSA) is 191 Å². The van der Waals surface area contributed by atoms with E-state index in [2.05, 4.69) is 16.0 Å². The summed E-state index contributed by atoms with van der Waals surface area (Å²) in [5.41, 5.74) is 6.12. The van der Waals surface area contributed by atoms with E-state index in [0.717, 1.165) is 0 Å². The number of hydrogen-bond donors (Lipinski definition) is 5. The van der Waals surface area contributed by atoms with Crippen molar-refractivity contribution in [3.05, 3.63) is 0 Å². The lowest BCUT2D eigenvalue weighted by atomic mass is 9.97. The third-order valence-electron chi connectivity index (χ3n) is 8.52. The summed E-state index contributed by atoms with van der Waals surface area (Å²) in [7, 11) is 0. The standard InChI is InChI=1S/C30H52N6O7/c1-8-18(6)23(31)27(39)33-20(15-16(2)3)28(40)35-13-9-12-22(35)26(38)34-24(17(4)5)29(41)36-14-10-11-21(36)25(37)32-19(7)30(42)43/h16-24H,8-15,31H2,1-7H3,(H,32,37)(H,33,39)(H,34,38)(H,42,43)/t18-,19-,20-,21-,22-,23-,24-/m0/s1. The highest BCUT2D eigenvalue weighted by molar-refractivity contribution is 5.97. The molecule has 2 fully saturated rings. The van der Waals surface area contributed by atoms with Gasteiger partial charge in [0.1, 0.15) is 30.2 Å². The first-order chi connectivity index (χ1) is 20.1. The zero-order valence-electron chi connectivity index (χ0n) is 26.7. The van der Waals surface area contributed by atoms with Crippen LogP contribution in [0.1, 0.15) is 87.0 Å². The molecule has 0 radical (unpaired) electrons. The summed E-state index contributed by atoms with van der Waals surface area (Å²) in [6.45, 7) is 13.3. The number of carbonyl (C=O) groups excluding carboxylic acids is 5. The van der Waals surface area contributed by atoms with E-state index in [0.29, 0.717) is 51.6 Å². The lowest BCUT2D eigenvalue weighted by Gasteiger charge is -2.33. The largest absolute Gasteiger partial charge is 0.480 e. The SMILES string of the molecule is CC[C@H](C)[C@H](N)C(=O)N[C@@H](CC(C)C)C(=O)N1CCC[C@H]1C(=O)N[C@H](C(=O)N1CCC[C@H]1C(=O)N[C@@H](C)C(=O)O)C(C)C. The monoisotopic (exact) mass is 608 g/mol. The molecule has 5 amide bonds. The highest BCUT2D eigenvalue weighted by Crippen LogP contribution is 2.24. The smallest absolute Gasteiger partial charge is 0.325 e. The third-order valence-corrected chi connectivity index (χ3v) is 8.52. The van der Waals surface area contributed by atoms with E-state index in [4.69, 9.17) is 10.8 Å². The maximum absolute atomic E-state index is 13.7. The van der Waals surface area contributed by atoms with Crippen molar-refractivity contribution in [3.63, 3.8) is 0 Å². The van der Waals surface area contributed by atoms with Gasteiger partial charge in [-0.25, -0.2) is 0 Å². The van der Waals surface area contributed by atoms with E-state index in [9.17, 15) is 28.8 Å². The van der Waals surface area contributed by atoms with Crippen LogP contribution in [-0.4, -0.2) is 99.8 Å². The number of carbonyl (C=O) groups is 6. The molecule has 0 saturated carbocycles. The molecule has 2 aliphatic rings. The highest BCUT2D eigenvalue weighted by Gasteiger charge is 2.42. The van der Waals surface area contributed by atoms with Gasteiger partial charge in [-0.2, -0.15) is 0 Å². The zero-order valence-corrected chi connectivity index (χ0v) is 26.7. The van der Waals surface area contributed by atoms with Gasteiger partial charge in [0.2, 0.25) is 29.5 Å². The number of nitrogens with one attached hydrogen (secondary N) is 3. The number of carboxylic acid groups (broad SMARTS) is 1. The van der Waals surface area contributed by atoms with Gasteiger partial charge >= 0.3 is 5.97 Å². The Morgan fingerprint density at radius 3 is 1.79 bits per heavy atom. The van der Waals surface area contributed by atoms with E-state index >= 15 is 0 Å². The number of hydrogen-bond acceptors (Lipinski definition) is 7. The predicted octanol–water partition coefficient (Wildman–Crippen LogP) is 0.603. The van der Waals surface area contributed by atoms with Gasteiger partial charge in [-0.3, -0.25) is 28.8 Å². The first-order valence-corrected chi connectivity index (χ1v) is 15.6. The van der Waals surface area contributed by atoms with E-state index in [-0.39, 0.29) is 23.7 Å². The highest BCUT2D eigenvalue weighted by atomic mass is 16.4. The summed E-state index contributed by atoms with van der Waals surface area (Å²) in [5.74, 6) is -3.67. The lowest BCUT2D eigenvalue weighted by Crippen LogP contribution is -2.60. The fourth-order valence-corrected chi connectivity index (χ4v) is 5.59. The molecule has 0 aromatic rings. The molecule has 13 heteroatoms. The van der Waals surface area contributed by atoms with Gasteiger partial charge in [0.25, 0.3) is 0 Å². The Bertz CT molecular complexity index is 1030. The predicted molar refractivity (Wildman–Crippen MR) is 160 cm³/mol. The van der Waals surface area contributed by atoms with Gasteiger partial charge in [0.05, 0.1) is 6.04 Å². The first-order valence-electron chi connectivity index (χ1n) is 15.6. The number of nitrogens with two attached hydrogens (primary N) is 1. The van der Waals surface area contributed by atoms with Crippen LogP contribution in [-0.2, 0) is 28.8 Å². The molecule has 244 valence electrons. The second-order valence-electron chi connectivity index (χ2n) is 12.8. The fraction of sp³-hybridized carbons (Fsp3) is 0.800. The van der Waals surface area contributed by atoms with Crippen molar-refractivity contribution in [1.82, 2.24) is 25.8 Å². The van der Waals surface area contributed by atoms with Crippen LogP contribution in [0.25, 0.3) is 0 Å². The van der Waals surface area contributed by atoms with Crippen molar-refractivity contribution in [1.29, 1.82) is 0 Å². The molecule has 43 heavy (non-hydrogen) atoms. The molecule has 2 saturated heterocycles. The number of aliphatic carboxylic acids is 1. The van der Waals surface area contributed by atoms with Crippen molar-refractivity contribution >= 4 is 35.5 Å². The van der Waals surface area contributed by atoms with Gasteiger partial charge in [-0.15, -0.1) is 0 Å². The number of rotatable bonds is 14. The molecule has 2 heterocycles. The van der Waals surface area contributed by atoms with Crippen LogP contribution in [0.4, 0.5) is 0 Å². The molecule has 0 spiro atoms. The third kappa shape index (κ3) is 9.38. The molecular formula is C30H52N6O7. The summed E-state index contributed by atoms with van der Waals surface area (Å²) < 4.78 is 0. The van der Waals surface area contributed by atoms with E-state index in [1.54, 1.807) is 13.8 Å². The van der Waals surface area contributed by atoms with E-state index in [1.807, 2.05) is 27.7 Å². The molecule has 7 atom stereocenters. The van der Waals surface area contributed by atoms with Gasteiger partial charge in [0.15, 0.2) is 0 Å². The van der Waals surface area contributed by atoms with Gasteiger partial charge in [0, 0.05) is 13.1 Å². The summed E-state index contributed by atoms with van der Waals surface area (Å²) in [4.78, 5) is 80.8. The Labute approximate surface area is 255 Å². The Morgan fingerprint density at radius 2 is 1.33 bits per heavy atom. The quantitative estimate of drug-likeness (QED) is 0.189. The summed E-state index contributed by atoms with van der Waals surface area (Å²) in [6.07, 6.45) is 3.05. The fourth-order valence-electron chi connectivity index (χ4n) is 5.59. The molecule has 0 unspecified atom stereocenters. The molecule has 0 bridgehead atoms. The summed E-state index contributed by atoms with van der Waals surface area (Å²) in [5, 5.41) is 17.3. The Balaban J connectivity index is 2.18. The molecular weight excluding hydrogens is 556 g/mol. The minimum Gasteiger partial charge on any atom is -0.480 e. The Kier molecular flexibility index (Phi) is 13.4. The van der Waals surface area contributed by atoms with Crippen LogP contribution < -0.4 is 21.7 Å². The van der Waals surface area contributed by atoms with Crippen LogP contribution in [0.15, 0.2) is 0 Å².